The summed E-state index contributed by atoms with van der Waals surface area (Å²) in [5.41, 5.74) is 0.999. The smallest absolute Gasteiger partial charge is 0.337 e. The first kappa shape index (κ1) is 21.3. The van der Waals surface area contributed by atoms with E-state index in [1.165, 1.54) is 31.4 Å². The number of sulfonamides is 1. The summed E-state index contributed by atoms with van der Waals surface area (Å²) in [4.78, 5) is 13.9. The van der Waals surface area contributed by atoms with E-state index >= 15 is 0 Å². The number of likely N-dealkylation sites (tertiary alicyclic amines) is 1. The van der Waals surface area contributed by atoms with Crippen LogP contribution in [0.4, 0.5) is 0 Å². The molecule has 0 unspecified atom stereocenters. The lowest BCUT2D eigenvalue weighted by Crippen LogP contribution is -2.35. The Kier molecular flexibility index (Phi) is 6.89. The van der Waals surface area contributed by atoms with Crippen LogP contribution in [0, 0.1) is 0 Å². The topological polar surface area (TPSA) is 84.9 Å². The van der Waals surface area contributed by atoms with Gasteiger partial charge in [-0.2, -0.15) is 0 Å². The van der Waals surface area contributed by atoms with Gasteiger partial charge in [-0.15, -0.1) is 0 Å². The number of rotatable bonds is 7. The molecule has 0 aliphatic carbocycles. The number of hydrogen-bond donors (Lipinski definition) is 1. The minimum absolute atomic E-state index is 0.0163. The lowest BCUT2D eigenvalue weighted by atomic mass is 10.1. The third-order valence-electron chi connectivity index (χ3n) is 4.92. The minimum Gasteiger partial charge on any atom is -0.490 e. The van der Waals surface area contributed by atoms with E-state index in [1.807, 2.05) is 24.3 Å². The number of nitrogens with zero attached hydrogens (tertiary/aromatic N) is 1. The van der Waals surface area contributed by atoms with Crippen LogP contribution < -0.4 is 9.46 Å². The largest absolute Gasteiger partial charge is 0.490 e. The van der Waals surface area contributed by atoms with E-state index in [1.54, 1.807) is 0 Å². The van der Waals surface area contributed by atoms with E-state index in [-0.39, 0.29) is 23.1 Å². The first-order valence-corrected chi connectivity index (χ1v) is 11.0. The van der Waals surface area contributed by atoms with Gasteiger partial charge in [0, 0.05) is 19.6 Å². The average molecular weight is 419 g/mol. The quantitative estimate of drug-likeness (QED) is 0.695. The maximum absolute atomic E-state index is 12.5. The molecule has 8 heteroatoms. The summed E-state index contributed by atoms with van der Waals surface area (Å²) in [7, 11) is -0.394. The maximum atomic E-state index is 12.5. The molecule has 7 nitrogen and oxygen atoms in total. The standard InChI is InChI=1S/C21H26N2O5S/c1-23-12-10-19(11-13-23)28-18-8-6-16(7-9-18)15-22-29(25,26)20-5-3-4-17(14-20)21(24)27-2/h3-9,14,19,22H,10-13,15H2,1-2H3. The maximum Gasteiger partial charge on any atom is 0.337 e. The molecule has 2 aromatic carbocycles. The normalized spacial score (nSPS) is 15.8. The number of carbonyl (C=O) groups excluding carboxylic acids is 1. The molecular weight excluding hydrogens is 392 g/mol. The van der Waals surface area contributed by atoms with Crippen LogP contribution in [0.1, 0.15) is 28.8 Å². The summed E-state index contributed by atoms with van der Waals surface area (Å²) in [5.74, 6) is 0.208. The molecule has 156 valence electrons. The van der Waals surface area contributed by atoms with E-state index in [0.717, 1.165) is 37.2 Å². The third kappa shape index (κ3) is 5.79. The lowest BCUT2D eigenvalue weighted by Gasteiger charge is -2.29. The number of carbonyl (C=O) groups is 1. The Balaban J connectivity index is 1.58. The van der Waals surface area contributed by atoms with Crippen molar-refractivity contribution in [3.63, 3.8) is 0 Å². The molecule has 0 bridgehead atoms. The van der Waals surface area contributed by atoms with Crippen molar-refractivity contribution >= 4 is 16.0 Å². The van der Waals surface area contributed by atoms with Gasteiger partial charge in [0.2, 0.25) is 10.0 Å². The molecule has 1 N–H and O–H groups in total. The Morgan fingerprint density at radius 2 is 1.83 bits per heavy atom. The first-order chi connectivity index (χ1) is 13.9. The summed E-state index contributed by atoms with van der Waals surface area (Å²) in [6.07, 6.45) is 2.23. The highest BCUT2D eigenvalue weighted by molar-refractivity contribution is 7.89. The van der Waals surface area contributed by atoms with Crippen LogP contribution in [0.3, 0.4) is 0 Å². The molecule has 0 atom stereocenters. The molecule has 0 aromatic heterocycles. The number of esters is 1. The highest BCUT2D eigenvalue weighted by Crippen LogP contribution is 2.19. The van der Waals surface area contributed by atoms with Crippen molar-refractivity contribution in [3.05, 3.63) is 59.7 Å². The van der Waals surface area contributed by atoms with Gasteiger partial charge >= 0.3 is 5.97 Å². The Bertz CT molecular complexity index is 936. The van der Waals surface area contributed by atoms with Crippen molar-refractivity contribution in [2.24, 2.45) is 0 Å². The Morgan fingerprint density at radius 1 is 1.14 bits per heavy atom. The zero-order chi connectivity index (χ0) is 20.9. The molecule has 3 rings (SSSR count). The predicted octanol–water partition coefficient (Wildman–Crippen LogP) is 2.42. The highest BCUT2D eigenvalue weighted by Gasteiger charge is 2.18. The minimum atomic E-state index is -3.75. The average Bonchev–Trinajstić information content (AvgIpc) is 2.74. The Hall–Kier alpha value is -2.42. The van der Waals surface area contributed by atoms with Crippen molar-refractivity contribution in [2.45, 2.75) is 30.4 Å². The zero-order valence-electron chi connectivity index (χ0n) is 16.6. The molecule has 0 saturated carbocycles. The number of methoxy groups -OCH3 is 1. The molecular formula is C21H26N2O5S. The molecule has 29 heavy (non-hydrogen) atoms. The number of piperidine rings is 1. The Morgan fingerprint density at radius 3 is 2.48 bits per heavy atom. The fraction of sp³-hybridized carbons (Fsp3) is 0.381. The second-order valence-electron chi connectivity index (χ2n) is 7.11. The zero-order valence-corrected chi connectivity index (χ0v) is 17.4. The van der Waals surface area contributed by atoms with E-state index < -0.39 is 16.0 Å². The molecule has 0 spiro atoms. The summed E-state index contributed by atoms with van der Waals surface area (Å²) in [5, 5.41) is 0. The van der Waals surface area contributed by atoms with Crippen molar-refractivity contribution < 1.29 is 22.7 Å². The fourth-order valence-electron chi connectivity index (χ4n) is 3.15. The van der Waals surface area contributed by atoms with Crippen LogP contribution in [0.5, 0.6) is 5.75 Å². The van der Waals surface area contributed by atoms with Gasteiger partial charge in [-0.05, 0) is 55.8 Å². The van der Waals surface area contributed by atoms with Gasteiger partial charge in [-0.25, -0.2) is 17.9 Å². The van der Waals surface area contributed by atoms with Crippen LogP contribution in [-0.4, -0.2) is 52.6 Å². The predicted molar refractivity (Wildman–Crippen MR) is 109 cm³/mol. The second-order valence-corrected chi connectivity index (χ2v) is 8.88. The van der Waals surface area contributed by atoms with Crippen LogP contribution in [0.25, 0.3) is 0 Å². The van der Waals surface area contributed by atoms with Gasteiger partial charge in [0.05, 0.1) is 17.6 Å². The highest BCUT2D eigenvalue weighted by atomic mass is 32.2. The Labute approximate surface area is 171 Å². The van der Waals surface area contributed by atoms with Crippen molar-refractivity contribution in [1.29, 1.82) is 0 Å². The van der Waals surface area contributed by atoms with Crippen LogP contribution in [0.15, 0.2) is 53.4 Å². The van der Waals surface area contributed by atoms with E-state index in [4.69, 9.17) is 4.74 Å². The monoisotopic (exact) mass is 418 g/mol. The number of benzene rings is 2. The lowest BCUT2D eigenvalue weighted by molar-refractivity contribution is 0.0600. The first-order valence-electron chi connectivity index (χ1n) is 9.49. The van der Waals surface area contributed by atoms with Gasteiger partial charge in [0.25, 0.3) is 0 Å². The van der Waals surface area contributed by atoms with Gasteiger partial charge in [-0.1, -0.05) is 18.2 Å². The molecule has 1 heterocycles. The fourth-order valence-corrected chi connectivity index (χ4v) is 4.21. The summed E-state index contributed by atoms with van der Waals surface area (Å²) >= 11 is 0. The molecule has 0 amide bonds. The van der Waals surface area contributed by atoms with Crippen LogP contribution >= 0.6 is 0 Å². The molecule has 2 aromatic rings. The molecule has 0 radical (unpaired) electrons. The van der Waals surface area contributed by atoms with Gasteiger partial charge in [0.15, 0.2) is 0 Å². The molecule has 1 aliphatic heterocycles. The molecule has 1 fully saturated rings. The summed E-state index contributed by atoms with van der Waals surface area (Å²) in [6, 6.07) is 13.2. The number of nitrogens with one attached hydrogen (secondary N) is 1. The number of ether oxygens (including phenoxy) is 2. The van der Waals surface area contributed by atoms with E-state index in [2.05, 4.69) is 21.4 Å². The second kappa shape index (κ2) is 9.39. The van der Waals surface area contributed by atoms with E-state index in [9.17, 15) is 13.2 Å². The van der Waals surface area contributed by atoms with Crippen molar-refractivity contribution in [3.8, 4) is 5.75 Å². The summed E-state index contributed by atoms with van der Waals surface area (Å²) in [6.45, 7) is 2.20. The van der Waals surface area contributed by atoms with E-state index in [0.29, 0.717) is 0 Å². The third-order valence-corrected chi connectivity index (χ3v) is 6.32. The molecule has 1 saturated heterocycles. The van der Waals surface area contributed by atoms with Gasteiger partial charge < -0.3 is 14.4 Å². The summed E-state index contributed by atoms with van der Waals surface area (Å²) < 4.78 is 38.3. The van der Waals surface area contributed by atoms with Gasteiger partial charge in [-0.3, -0.25) is 0 Å². The van der Waals surface area contributed by atoms with Crippen molar-refractivity contribution in [1.82, 2.24) is 9.62 Å². The van der Waals surface area contributed by atoms with Crippen LogP contribution in [-0.2, 0) is 21.3 Å². The van der Waals surface area contributed by atoms with Crippen molar-refractivity contribution in [2.75, 3.05) is 27.2 Å². The SMILES string of the molecule is COC(=O)c1cccc(S(=O)(=O)NCc2ccc(OC3CCN(C)CC3)cc2)c1. The van der Waals surface area contributed by atoms with Gasteiger partial charge in [0.1, 0.15) is 11.9 Å². The number of hydrogen-bond acceptors (Lipinski definition) is 6. The molecule has 1 aliphatic rings. The van der Waals surface area contributed by atoms with Crippen LogP contribution in [0.2, 0.25) is 0 Å².